The van der Waals surface area contributed by atoms with Crippen molar-refractivity contribution in [2.75, 3.05) is 6.61 Å². The van der Waals surface area contributed by atoms with Crippen LogP contribution in [0, 0.1) is 6.92 Å². The van der Waals surface area contributed by atoms with E-state index in [4.69, 9.17) is 16.3 Å². The lowest BCUT2D eigenvalue weighted by atomic mass is 10.1. The van der Waals surface area contributed by atoms with Crippen LogP contribution in [0.25, 0.3) is 0 Å². The first kappa shape index (κ1) is 10.6. The van der Waals surface area contributed by atoms with Crippen molar-refractivity contribution in [2.45, 2.75) is 26.9 Å². The summed E-state index contributed by atoms with van der Waals surface area (Å²) in [6.07, 6.45) is 1.06. The van der Waals surface area contributed by atoms with Gasteiger partial charge >= 0.3 is 0 Å². The summed E-state index contributed by atoms with van der Waals surface area (Å²) >= 11 is 5.84. The second-order valence-electron chi connectivity index (χ2n) is 3.12. The molecule has 0 spiro atoms. The minimum atomic E-state index is 0.691. The molecule has 0 aliphatic rings. The molecular weight excluding hydrogens is 184 g/mol. The van der Waals surface area contributed by atoms with E-state index >= 15 is 0 Å². The average molecular weight is 199 g/mol. The van der Waals surface area contributed by atoms with Gasteiger partial charge in [0.1, 0.15) is 0 Å². The zero-order valence-corrected chi connectivity index (χ0v) is 8.90. The van der Waals surface area contributed by atoms with Gasteiger partial charge in [0, 0.05) is 11.6 Å². The van der Waals surface area contributed by atoms with E-state index in [0.717, 1.165) is 18.1 Å². The zero-order valence-electron chi connectivity index (χ0n) is 8.14. The zero-order chi connectivity index (χ0) is 9.68. The fourth-order valence-corrected chi connectivity index (χ4v) is 1.37. The lowest BCUT2D eigenvalue weighted by Gasteiger charge is -2.06. The van der Waals surface area contributed by atoms with Crippen LogP contribution in [0.3, 0.4) is 0 Å². The lowest BCUT2D eigenvalue weighted by molar-refractivity contribution is 0.121. The molecule has 0 saturated carbocycles. The van der Waals surface area contributed by atoms with Gasteiger partial charge in [-0.25, -0.2) is 0 Å². The second-order valence-corrected chi connectivity index (χ2v) is 3.56. The second kappa shape index (κ2) is 5.25. The molecule has 0 saturated heterocycles. The highest BCUT2D eigenvalue weighted by Crippen LogP contribution is 2.15. The van der Waals surface area contributed by atoms with E-state index in [-0.39, 0.29) is 0 Å². The Kier molecular flexibility index (Phi) is 4.26. The summed E-state index contributed by atoms with van der Waals surface area (Å²) in [4.78, 5) is 0. The Balaban J connectivity index is 2.56. The molecule has 1 aromatic carbocycles. The number of halogens is 1. The highest BCUT2D eigenvalue weighted by atomic mass is 35.5. The Labute approximate surface area is 84.7 Å². The normalized spacial score (nSPS) is 10.4. The van der Waals surface area contributed by atoms with Gasteiger partial charge in [-0.2, -0.15) is 0 Å². The largest absolute Gasteiger partial charge is 0.377 e. The van der Waals surface area contributed by atoms with Gasteiger partial charge in [0.2, 0.25) is 0 Å². The Bertz CT molecular complexity index is 271. The van der Waals surface area contributed by atoms with Crippen LogP contribution in [0.1, 0.15) is 24.5 Å². The van der Waals surface area contributed by atoms with Gasteiger partial charge in [0.25, 0.3) is 0 Å². The molecular formula is C11H15ClO. The van der Waals surface area contributed by atoms with Crippen molar-refractivity contribution in [1.82, 2.24) is 0 Å². The molecule has 1 nitrogen and oxygen atoms in total. The molecule has 0 bridgehead atoms. The fourth-order valence-electron chi connectivity index (χ4n) is 1.15. The quantitative estimate of drug-likeness (QED) is 0.673. The van der Waals surface area contributed by atoms with Crippen LogP contribution in [0.4, 0.5) is 0 Å². The summed E-state index contributed by atoms with van der Waals surface area (Å²) in [7, 11) is 0. The predicted octanol–water partition coefficient (Wildman–Crippen LogP) is 3.58. The van der Waals surface area contributed by atoms with Gasteiger partial charge in [-0.3, -0.25) is 0 Å². The maximum absolute atomic E-state index is 5.84. The number of rotatable bonds is 4. The highest BCUT2D eigenvalue weighted by molar-refractivity contribution is 6.30. The first-order valence-electron chi connectivity index (χ1n) is 4.57. The van der Waals surface area contributed by atoms with Crippen LogP contribution in [-0.4, -0.2) is 6.61 Å². The van der Waals surface area contributed by atoms with Crippen molar-refractivity contribution in [1.29, 1.82) is 0 Å². The summed E-state index contributed by atoms with van der Waals surface area (Å²) in [5.41, 5.74) is 2.42. The summed E-state index contributed by atoms with van der Waals surface area (Å²) < 4.78 is 5.45. The molecule has 0 aliphatic carbocycles. The molecule has 72 valence electrons. The van der Waals surface area contributed by atoms with Gasteiger partial charge < -0.3 is 4.74 Å². The number of hydrogen-bond acceptors (Lipinski definition) is 1. The van der Waals surface area contributed by atoms with Crippen molar-refractivity contribution in [3.05, 3.63) is 34.3 Å². The average Bonchev–Trinajstić information content (AvgIpc) is 2.09. The van der Waals surface area contributed by atoms with Crippen molar-refractivity contribution in [2.24, 2.45) is 0 Å². The summed E-state index contributed by atoms with van der Waals surface area (Å²) in [6.45, 7) is 5.67. The monoisotopic (exact) mass is 198 g/mol. The van der Waals surface area contributed by atoms with E-state index in [1.54, 1.807) is 0 Å². The SMILES string of the molecule is CCCOCc1ccc(Cl)cc1C. The van der Waals surface area contributed by atoms with Crippen LogP contribution in [0.5, 0.6) is 0 Å². The van der Waals surface area contributed by atoms with Crippen LogP contribution in [0.2, 0.25) is 5.02 Å². The molecule has 13 heavy (non-hydrogen) atoms. The molecule has 0 radical (unpaired) electrons. The van der Waals surface area contributed by atoms with Crippen molar-refractivity contribution in [3.63, 3.8) is 0 Å². The Morgan fingerprint density at radius 3 is 2.77 bits per heavy atom. The van der Waals surface area contributed by atoms with Crippen LogP contribution in [0.15, 0.2) is 18.2 Å². The summed E-state index contributed by atoms with van der Waals surface area (Å²) in [6, 6.07) is 5.89. The Morgan fingerprint density at radius 1 is 1.38 bits per heavy atom. The van der Waals surface area contributed by atoms with Crippen molar-refractivity contribution < 1.29 is 4.74 Å². The Morgan fingerprint density at radius 2 is 2.15 bits per heavy atom. The van der Waals surface area contributed by atoms with Gasteiger partial charge in [-0.15, -0.1) is 0 Å². The first-order valence-corrected chi connectivity index (χ1v) is 4.94. The maximum atomic E-state index is 5.84. The third-order valence-electron chi connectivity index (χ3n) is 1.91. The predicted molar refractivity (Wildman–Crippen MR) is 56.1 cm³/mol. The van der Waals surface area contributed by atoms with E-state index in [9.17, 15) is 0 Å². The van der Waals surface area contributed by atoms with Gasteiger partial charge in [-0.05, 0) is 36.6 Å². The van der Waals surface area contributed by atoms with E-state index < -0.39 is 0 Å². The number of ether oxygens (including phenoxy) is 1. The smallest absolute Gasteiger partial charge is 0.0719 e. The molecule has 0 aromatic heterocycles. The number of benzene rings is 1. The minimum Gasteiger partial charge on any atom is -0.377 e. The molecule has 1 aromatic rings. The molecule has 0 heterocycles. The van der Waals surface area contributed by atoms with Crippen LogP contribution < -0.4 is 0 Å². The lowest BCUT2D eigenvalue weighted by Crippen LogP contribution is -1.96. The van der Waals surface area contributed by atoms with Gasteiger partial charge in [0.15, 0.2) is 0 Å². The fraction of sp³-hybridized carbons (Fsp3) is 0.455. The maximum Gasteiger partial charge on any atom is 0.0719 e. The van der Waals surface area contributed by atoms with E-state index in [2.05, 4.69) is 13.8 Å². The topological polar surface area (TPSA) is 9.23 Å². The molecule has 2 heteroatoms. The first-order chi connectivity index (χ1) is 6.24. The number of hydrogen-bond donors (Lipinski definition) is 0. The van der Waals surface area contributed by atoms with Crippen LogP contribution >= 0.6 is 11.6 Å². The Hall–Kier alpha value is -0.530. The third kappa shape index (κ3) is 3.37. The van der Waals surface area contributed by atoms with Gasteiger partial charge in [-0.1, -0.05) is 24.6 Å². The molecule has 0 amide bonds. The molecule has 0 atom stereocenters. The number of aryl methyl sites for hydroxylation is 1. The van der Waals surface area contributed by atoms with Gasteiger partial charge in [0.05, 0.1) is 6.61 Å². The molecule has 0 fully saturated rings. The van der Waals surface area contributed by atoms with Crippen molar-refractivity contribution >= 4 is 11.6 Å². The van der Waals surface area contributed by atoms with Crippen LogP contribution in [-0.2, 0) is 11.3 Å². The van der Waals surface area contributed by atoms with E-state index in [0.29, 0.717) is 6.61 Å². The molecule has 0 aliphatic heterocycles. The standard InChI is InChI=1S/C11H15ClO/c1-3-6-13-8-10-4-5-11(12)7-9(10)2/h4-5,7H,3,6,8H2,1-2H3. The minimum absolute atomic E-state index is 0.691. The molecule has 1 rings (SSSR count). The van der Waals surface area contributed by atoms with E-state index in [1.165, 1.54) is 11.1 Å². The molecule has 0 N–H and O–H groups in total. The van der Waals surface area contributed by atoms with Crippen molar-refractivity contribution in [3.8, 4) is 0 Å². The van der Waals surface area contributed by atoms with E-state index in [1.807, 2.05) is 18.2 Å². The highest BCUT2D eigenvalue weighted by Gasteiger charge is 1.98. The molecule has 0 unspecified atom stereocenters. The third-order valence-corrected chi connectivity index (χ3v) is 2.15. The summed E-state index contributed by atoms with van der Waals surface area (Å²) in [5.74, 6) is 0. The summed E-state index contributed by atoms with van der Waals surface area (Å²) in [5, 5.41) is 0.789.